The van der Waals surface area contributed by atoms with Crippen LogP contribution in [0.4, 0.5) is 0 Å². The normalized spacial score (nSPS) is 7.25. The van der Waals surface area contributed by atoms with Crippen LogP contribution in [0.5, 0.6) is 0 Å². The first-order valence-electron chi connectivity index (χ1n) is 0.698. The van der Waals surface area contributed by atoms with Gasteiger partial charge >= 0.3 is 33.5 Å². The molecular weight excluding hydrogens is 183 g/mol. The summed E-state index contributed by atoms with van der Waals surface area (Å²) in [5.74, 6) is 0. The largest absolute Gasteiger partial charge is 2.00 e. The van der Waals surface area contributed by atoms with Gasteiger partial charge in [0, 0.05) is 0 Å². The van der Waals surface area contributed by atoms with Crippen molar-refractivity contribution >= 4 is 63.2 Å². The fourth-order valence-corrected chi connectivity index (χ4v) is 0. The van der Waals surface area contributed by atoms with Gasteiger partial charge in [-0.05, 0) is 0 Å². The van der Waals surface area contributed by atoms with Gasteiger partial charge in [-0.2, -0.15) is 8.42 Å². The quantitative estimate of drug-likeness (QED) is 0.358. The first-order chi connectivity index (χ1) is 2.00. The monoisotopic (exact) mass is 190 g/mol. The second-order valence-electron chi connectivity index (χ2n) is 0.448. The van der Waals surface area contributed by atoms with Crippen LogP contribution < -0.4 is 0 Å². The zero-order valence-electron chi connectivity index (χ0n) is 5.23. The van der Waals surface area contributed by atoms with E-state index in [1.165, 1.54) is 0 Å². The van der Waals surface area contributed by atoms with E-state index >= 15 is 0 Å². The summed E-state index contributed by atoms with van der Waals surface area (Å²) < 4.78 is 31.6. The average Bonchev–Trinajstić information content (AvgIpc) is 0.722. The Morgan fingerprint density at radius 1 is 1.25 bits per heavy atom. The molecule has 4 nitrogen and oxygen atoms in total. The Morgan fingerprint density at radius 2 is 1.25 bits per heavy atom. The van der Waals surface area contributed by atoms with Crippen molar-refractivity contribution in [1.82, 2.24) is 0 Å². The third kappa shape index (κ3) is 146. The van der Waals surface area contributed by atoms with Crippen molar-refractivity contribution in [3.05, 3.63) is 0 Å². The van der Waals surface area contributed by atoms with Crippen molar-refractivity contribution in [2.75, 3.05) is 0 Å². The molecule has 0 aliphatic carbocycles. The molecule has 0 saturated heterocycles. The zero-order valence-corrected chi connectivity index (χ0v) is 6.28. The van der Waals surface area contributed by atoms with Crippen LogP contribution in [-0.2, 0) is 10.4 Å². The summed E-state index contributed by atoms with van der Waals surface area (Å²) >= 11 is 0. The standard InChI is InChI=1S/Al.ClH.Mg.H2O4S.5H/c;;;1-5(2,3)4;;;;;/h;1H;;(H2,1,2,3,4);;;;;/q;;+2;;;;;2*-1. The Kier molecular flexibility index (Phi) is 24.0. The van der Waals surface area contributed by atoms with Crippen LogP contribution in [0.25, 0.3) is 0 Å². The number of hydrogen-bond donors (Lipinski definition) is 2. The molecule has 0 aromatic rings. The van der Waals surface area contributed by atoms with Gasteiger partial charge in [-0.15, -0.1) is 12.4 Å². The molecule has 0 aliphatic rings. The Labute approximate surface area is 83.3 Å². The van der Waals surface area contributed by atoms with Gasteiger partial charge < -0.3 is 2.85 Å². The van der Waals surface area contributed by atoms with E-state index in [9.17, 15) is 0 Å². The molecule has 2 N–H and O–H groups in total. The summed E-state index contributed by atoms with van der Waals surface area (Å²) in [5.41, 5.74) is 0. The van der Waals surface area contributed by atoms with Crippen LogP contribution in [0, 0.1) is 0 Å². The molecule has 0 bridgehead atoms. The Morgan fingerprint density at radius 3 is 1.25 bits per heavy atom. The van der Waals surface area contributed by atoms with Crippen LogP contribution in [0.2, 0.25) is 0 Å². The smallest absolute Gasteiger partial charge is 1.00 e. The number of rotatable bonds is 0. The first-order valence-corrected chi connectivity index (χ1v) is 2.10. The molecule has 0 unspecified atom stereocenters. The second kappa shape index (κ2) is 8.46. The van der Waals surface area contributed by atoms with Crippen LogP contribution in [0.3, 0.4) is 0 Å². The fourth-order valence-electron chi connectivity index (χ4n) is 0. The molecule has 8 heteroatoms. The maximum atomic E-state index is 8.74. The molecule has 8 heavy (non-hydrogen) atoms. The van der Waals surface area contributed by atoms with Gasteiger partial charge in [-0.25, -0.2) is 0 Å². The molecule has 0 radical (unpaired) electrons. The van der Waals surface area contributed by atoms with Crippen molar-refractivity contribution in [2.24, 2.45) is 0 Å². The van der Waals surface area contributed by atoms with E-state index in [2.05, 4.69) is 0 Å². The first kappa shape index (κ1) is 22.7. The van der Waals surface area contributed by atoms with E-state index in [1.807, 2.05) is 0 Å². The molecule has 0 aromatic heterocycles. The van der Waals surface area contributed by atoms with Gasteiger partial charge in [0.2, 0.25) is 0 Å². The molecular formula is H8AlClMgO4S. The predicted molar refractivity (Wildman–Crippen MR) is 39.3 cm³/mol. The summed E-state index contributed by atoms with van der Waals surface area (Å²) in [5, 5.41) is 0. The van der Waals surface area contributed by atoms with Gasteiger partial charge in [0.15, 0.2) is 17.4 Å². The molecule has 0 aliphatic heterocycles. The maximum Gasteiger partial charge on any atom is 2.00 e. The van der Waals surface area contributed by atoms with Crippen LogP contribution >= 0.6 is 12.4 Å². The molecule has 0 saturated carbocycles. The van der Waals surface area contributed by atoms with Crippen molar-refractivity contribution in [3.63, 3.8) is 0 Å². The number of hydrogen-bond acceptors (Lipinski definition) is 2. The van der Waals surface area contributed by atoms with Gasteiger partial charge in [0.25, 0.3) is 0 Å². The summed E-state index contributed by atoms with van der Waals surface area (Å²) in [7, 11) is -4.67. The topological polar surface area (TPSA) is 74.6 Å². The van der Waals surface area contributed by atoms with Crippen molar-refractivity contribution in [2.45, 2.75) is 0 Å². The molecule has 0 heterocycles. The van der Waals surface area contributed by atoms with Crippen LogP contribution in [-0.4, -0.2) is 57.9 Å². The summed E-state index contributed by atoms with van der Waals surface area (Å²) in [4.78, 5) is 0. The zero-order chi connectivity index (χ0) is 4.50. The summed E-state index contributed by atoms with van der Waals surface area (Å²) in [6, 6.07) is 0. The minimum atomic E-state index is -4.67. The van der Waals surface area contributed by atoms with Gasteiger partial charge in [0.1, 0.15) is 0 Å². The van der Waals surface area contributed by atoms with E-state index in [1.54, 1.807) is 0 Å². The molecule has 0 spiro atoms. The van der Waals surface area contributed by atoms with Crippen LogP contribution in [0.15, 0.2) is 0 Å². The molecule has 0 fully saturated rings. The van der Waals surface area contributed by atoms with Crippen molar-refractivity contribution in [3.8, 4) is 0 Å². The van der Waals surface area contributed by atoms with E-state index in [0.717, 1.165) is 0 Å². The van der Waals surface area contributed by atoms with Crippen molar-refractivity contribution in [1.29, 1.82) is 0 Å². The van der Waals surface area contributed by atoms with Gasteiger partial charge in [0.05, 0.1) is 0 Å². The Balaban J connectivity index is -0.00000000800. The van der Waals surface area contributed by atoms with E-state index < -0.39 is 10.4 Å². The SMILES string of the molecule is Cl.O=S(=O)(O)O.[AlH3].[H-].[H-].[Mg+2]. The Bertz CT molecular complexity index is 106. The summed E-state index contributed by atoms with van der Waals surface area (Å²) in [6.07, 6.45) is 0. The second-order valence-corrected chi connectivity index (χ2v) is 1.34. The Hall–Kier alpha value is 1.46. The molecule has 50 valence electrons. The van der Waals surface area contributed by atoms with E-state index in [4.69, 9.17) is 17.5 Å². The predicted octanol–water partition coefficient (Wildman–Crippen LogP) is -1.57. The average molecular weight is 191 g/mol. The molecule has 0 aromatic carbocycles. The third-order valence-electron chi connectivity index (χ3n) is 0. The molecule has 0 amide bonds. The maximum absolute atomic E-state index is 8.74. The molecule has 0 rings (SSSR count). The number of halogens is 1. The van der Waals surface area contributed by atoms with Gasteiger partial charge in [-0.1, -0.05) is 0 Å². The van der Waals surface area contributed by atoms with Gasteiger partial charge in [-0.3, -0.25) is 9.11 Å². The fraction of sp³-hybridized carbons (Fsp3) is 0. The van der Waals surface area contributed by atoms with E-state index in [0.29, 0.717) is 0 Å². The molecule has 0 atom stereocenters. The van der Waals surface area contributed by atoms with E-state index in [-0.39, 0.29) is 55.7 Å². The minimum absolute atomic E-state index is 0. The minimum Gasteiger partial charge on any atom is -1.00 e. The summed E-state index contributed by atoms with van der Waals surface area (Å²) in [6.45, 7) is 0. The van der Waals surface area contributed by atoms with Crippen LogP contribution in [0.1, 0.15) is 2.85 Å². The third-order valence-corrected chi connectivity index (χ3v) is 0. The van der Waals surface area contributed by atoms with Crippen molar-refractivity contribution < 1.29 is 20.4 Å².